The number of carbonyl (C=O) groups excluding carboxylic acids is 1. The van der Waals surface area contributed by atoms with Crippen LogP contribution in [0.4, 0.5) is 18.0 Å². The standard InChI is InChI=1S/C28H26F3N3O2/c29-28(30,31)22-9-10-26(32-18-22)36-23-8-4-5-20(16-23)15-19-11-13-34(14-12-19)27(35)33-25-17-24(25)21-6-2-1-3-7-21/h1-10,15-16,18,24-25H,11-14,17H2,(H,33,35)/t24?,25-/m1/s1. The van der Waals surface area contributed by atoms with Crippen molar-refractivity contribution in [3.63, 3.8) is 0 Å². The van der Waals surface area contributed by atoms with Gasteiger partial charge in [0.05, 0.1) is 5.56 Å². The molecule has 2 aromatic carbocycles. The maximum absolute atomic E-state index is 12.7. The summed E-state index contributed by atoms with van der Waals surface area (Å²) in [7, 11) is 0. The average Bonchev–Trinajstić information content (AvgIpc) is 3.64. The highest BCUT2D eigenvalue weighted by Crippen LogP contribution is 2.40. The maximum atomic E-state index is 12.7. The van der Waals surface area contributed by atoms with Gasteiger partial charge in [-0.2, -0.15) is 13.2 Å². The summed E-state index contributed by atoms with van der Waals surface area (Å²) in [5.74, 6) is 0.991. The lowest BCUT2D eigenvalue weighted by Crippen LogP contribution is -2.44. The van der Waals surface area contributed by atoms with Crippen LogP contribution in [0.15, 0.2) is 78.5 Å². The zero-order valence-electron chi connectivity index (χ0n) is 19.5. The van der Waals surface area contributed by atoms with Gasteiger partial charge in [-0.15, -0.1) is 0 Å². The first kappa shape index (κ1) is 23.9. The molecular formula is C28H26F3N3O2. The molecule has 0 spiro atoms. The third kappa shape index (κ3) is 5.87. The topological polar surface area (TPSA) is 54.5 Å². The maximum Gasteiger partial charge on any atom is 0.417 e. The Morgan fingerprint density at radius 3 is 2.50 bits per heavy atom. The van der Waals surface area contributed by atoms with Crippen molar-refractivity contribution in [1.29, 1.82) is 0 Å². The molecule has 2 fully saturated rings. The molecule has 36 heavy (non-hydrogen) atoms. The minimum absolute atomic E-state index is 0.00285. The quantitative estimate of drug-likeness (QED) is 0.434. The number of ether oxygens (including phenoxy) is 1. The first-order valence-corrected chi connectivity index (χ1v) is 12.0. The first-order valence-electron chi connectivity index (χ1n) is 12.0. The summed E-state index contributed by atoms with van der Waals surface area (Å²) in [5, 5.41) is 3.16. The fourth-order valence-electron chi connectivity index (χ4n) is 4.45. The van der Waals surface area contributed by atoms with Crippen LogP contribution in [0.25, 0.3) is 6.08 Å². The Balaban J connectivity index is 1.13. The van der Waals surface area contributed by atoms with Crippen LogP contribution in [0.5, 0.6) is 11.6 Å². The molecule has 2 atom stereocenters. The molecular weight excluding hydrogens is 467 g/mol. The molecule has 2 aliphatic rings. The summed E-state index contributed by atoms with van der Waals surface area (Å²) < 4.78 is 43.8. The van der Waals surface area contributed by atoms with Gasteiger partial charge in [0.1, 0.15) is 5.75 Å². The highest BCUT2D eigenvalue weighted by atomic mass is 19.4. The smallest absolute Gasteiger partial charge is 0.417 e. The van der Waals surface area contributed by atoms with E-state index in [9.17, 15) is 18.0 Å². The molecule has 1 aromatic heterocycles. The van der Waals surface area contributed by atoms with Crippen LogP contribution in [0, 0.1) is 0 Å². The van der Waals surface area contributed by atoms with E-state index in [1.807, 2.05) is 41.3 Å². The lowest BCUT2D eigenvalue weighted by atomic mass is 10.0. The predicted octanol–water partition coefficient (Wildman–Crippen LogP) is 6.64. The second kappa shape index (κ2) is 10.0. The third-order valence-electron chi connectivity index (χ3n) is 6.53. The van der Waals surface area contributed by atoms with Gasteiger partial charge in [-0.3, -0.25) is 0 Å². The summed E-state index contributed by atoms with van der Waals surface area (Å²) in [6.45, 7) is 1.32. The van der Waals surface area contributed by atoms with E-state index in [1.54, 1.807) is 6.07 Å². The molecule has 2 amide bonds. The number of likely N-dealkylation sites (tertiary alicyclic amines) is 1. The van der Waals surface area contributed by atoms with E-state index in [4.69, 9.17) is 4.74 Å². The van der Waals surface area contributed by atoms with Crippen molar-refractivity contribution in [2.24, 2.45) is 0 Å². The number of nitrogens with zero attached hydrogens (tertiary/aromatic N) is 2. The van der Waals surface area contributed by atoms with Gasteiger partial charge in [-0.05, 0) is 48.6 Å². The van der Waals surface area contributed by atoms with Crippen LogP contribution in [-0.4, -0.2) is 35.0 Å². The number of halogens is 3. The molecule has 5 nitrogen and oxygen atoms in total. The van der Waals surface area contributed by atoms with Gasteiger partial charge in [-0.25, -0.2) is 9.78 Å². The summed E-state index contributed by atoms with van der Waals surface area (Å²) >= 11 is 0. The number of benzene rings is 2. The Labute approximate surface area is 207 Å². The van der Waals surface area contributed by atoms with Crippen molar-refractivity contribution in [3.05, 3.63) is 95.2 Å². The molecule has 5 rings (SSSR count). The lowest BCUT2D eigenvalue weighted by molar-refractivity contribution is -0.137. The number of piperidine rings is 1. The van der Waals surface area contributed by atoms with Crippen molar-refractivity contribution in [1.82, 2.24) is 15.2 Å². The van der Waals surface area contributed by atoms with Gasteiger partial charge >= 0.3 is 12.2 Å². The van der Waals surface area contributed by atoms with Crippen LogP contribution in [0.1, 0.15) is 41.9 Å². The number of hydrogen-bond acceptors (Lipinski definition) is 3. The summed E-state index contributed by atoms with van der Waals surface area (Å²) in [5.41, 5.74) is 2.61. The van der Waals surface area contributed by atoms with Crippen LogP contribution in [0.2, 0.25) is 0 Å². The van der Waals surface area contributed by atoms with E-state index in [1.165, 1.54) is 17.2 Å². The Morgan fingerprint density at radius 1 is 1.03 bits per heavy atom. The zero-order valence-corrected chi connectivity index (χ0v) is 19.5. The number of alkyl halides is 3. The molecule has 1 saturated heterocycles. The molecule has 186 valence electrons. The fraction of sp³-hybridized carbons (Fsp3) is 0.286. The number of aromatic nitrogens is 1. The number of nitrogens with one attached hydrogen (secondary N) is 1. The minimum Gasteiger partial charge on any atom is -0.439 e. The Hall–Kier alpha value is -3.81. The van der Waals surface area contributed by atoms with Crippen LogP contribution < -0.4 is 10.1 Å². The molecule has 0 radical (unpaired) electrons. The third-order valence-corrected chi connectivity index (χ3v) is 6.53. The molecule has 2 heterocycles. The van der Waals surface area contributed by atoms with Crippen molar-refractivity contribution in [2.75, 3.05) is 13.1 Å². The van der Waals surface area contributed by atoms with E-state index in [0.717, 1.165) is 37.1 Å². The van der Waals surface area contributed by atoms with Gasteiger partial charge in [0.15, 0.2) is 0 Å². The molecule has 3 aromatic rings. The average molecular weight is 494 g/mol. The Kier molecular flexibility index (Phi) is 6.67. The van der Waals surface area contributed by atoms with Gasteiger partial charge in [0.25, 0.3) is 0 Å². The number of urea groups is 1. The van der Waals surface area contributed by atoms with Gasteiger partial charge in [-0.1, -0.05) is 54.1 Å². The van der Waals surface area contributed by atoms with Crippen LogP contribution >= 0.6 is 0 Å². The van der Waals surface area contributed by atoms with E-state index in [2.05, 4.69) is 28.5 Å². The molecule has 1 saturated carbocycles. The van der Waals surface area contributed by atoms with E-state index < -0.39 is 11.7 Å². The van der Waals surface area contributed by atoms with Gasteiger partial charge in [0.2, 0.25) is 5.88 Å². The SMILES string of the molecule is O=C(N[C@@H]1CC1c1ccccc1)N1CCC(=Cc2cccc(Oc3ccc(C(F)(F)F)cn3)c2)CC1. The molecule has 8 heteroatoms. The summed E-state index contributed by atoms with van der Waals surface area (Å²) in [6.07, 6.45) is 0.952. The largest absolute Gasteiger partial charge is 0.439 e. The lowest BCUT2D eigenvalue weighted by Gasteiger charge is -2.28. The normalized spacial score (nSPS) is 19.5. The van der Waals surface area contributed by atoms with Crippen molar-refractivity contribution >= 4 is 12.1 Å². The number of pyridine rings is 1. The number of carbonyl (C=O) groups is 1. The highest BCUT2D eigenvalue weighted by Gasteiger charge is 2.40. The number of amides is 2. The van der Waals surface area contributed by atoms with E-state index in [-0.39, 0.29) is 18.0 Å². The first-order chi connectivity index (χ1) is 17.3. The zero-order chi connectivity index (χ0) is 25.1. The van der Waals surface area contributed by atoms with E-state index >= 15 is 0 Å². The Morgan fingerprint density at radius 2 is 1.81 bits per heavy atom. The molecule has 1 unspecified atom stereocenters. The second-order valence-electron chi connectivity index (χ2n) is 9.16. The Bertz CT molecular complexity index is 1230. The van der Waals surface area contributed by atoms with Crippen LogP contribution in [0.3, 0.4) is 0 Å². The fourth-order valence-corrected chi connectivity index (χ4v) is 4.45. The van der Waals surface area contributed by atoms with Crippen molar-refractivity contribution in [2.45, 2.75) is 37.4 Å². The van der Waals surface area contributed by atoms with E-state index in [0.29, 0.717) is 24.8 Å². The van der Waals surface area contributed by atoms with Crippen molar-refractivity contribution < 1.29 is 22.7 Å². The monoisotopic (exact) mass is 493 g/mol. The number of rotatable bonds is 5. The summed E-state index contributed by atoms with van der Waals surface area (Å²) in [4.78, 5) is 18.3. The predicted molar refractivity (Wildman–Crippen MR) is 131 cm³/mol. The molecule has 0 bridgehead atoms. The minimum atomic E-state index is -4.43. The van der Waals surface area contributed by atoms with Crippen molar-refractivity contribution in [3.8, 4) is 11.6 Å². The van der Waals surface area contributed by atoms with Gasteiger partial charge in [0, 0.05) is 37.3 Å². The van der Waals surface area contributed by atoms with Crippen LogP contribution in [-0.2, 0) is 6.18 Å². The number of hydrogen-bond donors (Lipinski definition) is 1. The summed E-state index contributed by atoms with van der Waals surface area (Å²) in [6, 6.07) is 19.9. The molecule has 1 aliphatic carbocycles. The molecule has 1 aliphatic heterocycles. The van der Waals surface area contributed by atoms with Gasteiger partial charge < -0.3 is 15.0 Å². The second-order valence-corrected chi connectivity index (χ2v) is 9.16. The highest BCUT2D eigenvalue weighted by molar-refractivity contribution is 5.75. The molecule has 1 N–H and O–H groups in total.